The van der Waals surface area contributed by atoms with Crippen LogP contribution in [0.15, 0.2) is 24.5 Å². The summed E-state index contributed by atoms with van der Waals surface area (Å²) in [5.41, 5.74) is 7.09. The van der Waals surface area contributed by atoms with E-state index in [1.807, 2.05) is 0 Å². The van der Waals surface area contributed by atoms with Crippen molar-refractivity contribution in [2.45, 2.75) is 45.0 Å². The van der Waals surface area contributed by atoms with Gasteiger partial charge in [-0.2, -0.15) is 0 Å². The zero-order valence-electron chi connectivity index (χ0n) is 13.4. The van der Waals surface area contributed by atoms with Crippen molar-refractivity contribution >= 4 is 17.0 Å². The number of alkyl halides is 2. The number of anilines is 1. The lowest BCUT2D eigenvalue weighted by Crippen LogP contribution is -2.24. The van der Waals surface area contributed by atoms with Crippen LogP contribution in [-0.4, -0.2) is 29.8 Å². The smallest absolute Gasteiger partial charge is 0.266 e. The quantitative estimate of drug-likeness (QED) is 0.617. The number of carbonyl (C=O) groups excluding carboxylic acids is 1. The van der Waals surface area contributed by atoms with E-state index in [1.165, 1.54) is 12.4 Å². The summed E-state index contributed by atoms with van der Waals surface area (Å²) in [7, 11) is 0. The average molecular weight is 323 g/mol. The van der Waals surface area contributed by atoms with Crippen LogP contribution in [0.4, 0.5) is 14.5 Å². The van der Waals surface area contributed by atoms with Gasteiger partial charge in [-0.3, -0.25) is 9.78 Å². The second kappa shape index (κ2) is 7.53. The normalized spacial score (nSPS) is 17.5. The average Bonchev–Trinajstić information content (AvgIpc) is 2.89. The Morgan fingerprint density at radius 2 is 2.22 bits per heavy atom. The number of nitrogens with two attached hydrogens (primary N) is 1. The molecule has 0 amide bonds. The zero-order chi connectivity index (χ0) is 16.9. The number of Topliss-reactive ketones (excluding diaryl/α,β-unsaturated/α-hetero) is 1. The Kier molecular flexibility index (Phi) is 5.69. The minimum absolute atomic E-state index is 0.0334. The largest absolute Gasteiger partial charge is 0.404 e. The van der Waals surface area contributed by atoms with Gasteiger partial charge in [-0.25, -0.2) is 8.78 Å². The molecule has 4 nitrogen and oxygen atoms in total. The van der Waals surface area contributed by atoms with Gasteiger partial charge in [0.05, 0.1) is 29.7 Å². The van der Waals surface area contributed by atoms with Gasteiger partial charge < -0.3 is 10.6 Å². The lowest BCUT2D eigenvalue weighted by molar-refractivity contribution is -0.113. The minimum atomic E-state index is -2.64. The highest BCUT2D eigenvalue weighted by molar-refractivity contribution is 6.20. The third-order valence-corrected chi connectivity index (χ3v) is 4.03. The van der Waals surface area contributed by atoms with Gasteiger partial charge in [0.1, 0.15) is 0 Å². The van der Waals surface area contributed by atoms with Crippen molar-refractivity contribution in [1.82, 2.24) is 4.98 Å². The molecule has 0 spiro atoms. The zero-order valence-corrected chi connectivity index (χ0v) is 13.4. The fraction of sp³-hybridized carbons (Fsp3) is 0.529. The summed E-state index contributed by atoms with van der Waals surface area (Å²) in [6.07, 6.45) is 5.98. The highest BCUT2D eigenvalue weighted by Gasteiger charge is 2.38. The molecule has 1 aliphatic heterocycles. The number of ketones is 1. The molecule has 1 aliphatic rings. The van der Waals surface area contributed by atoms with E-state index in [-0.39, 0.29) is 18.7 Å². The summed E-state index contributed by atoms with van der Waals surface area (Å²) < 4.78 is 26.5. The molecular formula is C17H23F2N3O. The van der Waals surface area contributed by atoms with Crippen LogP contribution in [0.5, 0.6) is 0 Å². The van der Waals surface area contributed by atoms with Gasteiger partial charge in [0.25, 0.3) is 5.92 Å². The van der Waals surface area contributed by atoms with E-state index in [1.54, 1.807) is 17.0 Å². The third kappa shape index (κ3) is 4.50. The molecular weight excluding hydrogens is 300 g/mol. The predicted molar refractivity (Wildman–Crippen MR) is 87.3 cm³/mol. The van der Waals surface area contributed by atoms with Crippen LogP contribution in [0.1, 0.15) is 44.7 Å². The Hall–Kier alpha value is -1.98. The first-order valence-electron chi connectivity index (χ1n) is 8.01. The number of rotatable bonds is 7. The number of nitrogens with zero attached hydrogens (tertiary/aromatic N) is 2. The third-order valence-electron chi connectivity index (χ3n) is 4.03. The van der Waals surface area contributed by atoms with Gasteiger partial charge in [0.15, 0.2) is 5.78 Å². The molecule has 0 radical (unpaired) electrons. The van der Waals surface area contributed by atoms with Crippen molar-refractivity contribution in [3.05, 3.63) is 30.2 Å². The van der Waals surface area contributed by atoms with Gasteiger partial charge in [-0.1, -0.05) is 19.8 Å². The number of aromatic nitrogens is 1. The SMILES string of the molecule is CCCCCC(=O)C(=CN)c1ccc(N2CCC(F)(F)C2)cn1. The van der Waals surface area contributed by atoms with Crippen molar-refractivity contribution in [3.63, 3.8) is 0 Å². The summed E-state index contributed by atoms with van der Waals surface area (Å²) in [6.45, 7) is 2.10. The van der Waals surface area contributed by atoms with Crippen molar-refractivity contribution < 1.29 is 13.6 Å². The second-order valence-corrected chi connectivity index (χ2v) is 5.89. The van der Waals surface area contributed by atoms with E-state index in [2.05, 4.69) is 11.9 Å². The number of allylic oxidation sites excluding steroid dienone is 1. The number of hydrogen-bond donors (Lipinski definition) is 1. The molecule has 23 heavy (non-hydrogen) atoms. The molecule has 0 saturated carbocycles. The van der Waals surface area contributed by atoms with Crippen molar-refractivity contribution in [1.29, 1.82) is 0 Å². The van der Waals surface area contributed by atoms with Crippen LogP contribution in [0.3, 0.4) is 0 Å². The molecule has 2 heterocycles. The molecule has 0 unspecified atom stereocenters. The molecule has 0 aliphatic carbocycles. The van der Waals surface area contributed by atoms with E-state index in [0.29, 0.717) is 29.9 Å². The lowest BCUT2D eigenvalue weighted by atomic mass is 10.0. The number of halogens is 2. The topological polar surface area (TPSA) is 59.2 Å². The summed E-state index contributed by atoms with van der Waals surface area (Å²) in [5.74, 6) is -2.68. The Balaban J connectivity index is 2.04. The molecule has 0 atom stereocenters. The molecule has 2 rings (SSSR count). The number of carbonyl (C=O) groups is 1. The minimum Gasteiger partial charge on any atom is -0.404 e. The van der Waals surface area contributed by atoms with Gasteiger partial charge in [0, 0.05) is 25.6 Å². The molecule has 1 aromatic heterocycles. The maximum atomic E-state index is 13.3. The second-order valence-electron chi connectivity index (χ2n) is 5.89. The first kappa shape index (κ1) is 17.4. The van der Waals surface area contributed by atoms with Gasteiger partial charge in [-0.05, 0) is 18.6 Å². The molecule has 6 heteroatoms. The van der Waals surface area contributed by atoms with E-state index < -0.39 is 5.92 Å². The Morgan fingerprint density at radius 1 is 1.43 bits per heavy atom. The highest BCUT2D eigenvalue weighted by Crippen LogP contribution is 2.30. The fourth-order valence-electron chi connectivity index (χ4n) is 2.68. The van der Waals surface area contributed by atoms with E-state index in [0.717, 1.165) is 19.3 Å². The van der Waals surface area contributed by atoms with Crippen molar-refractivity contribution in [3.8, 4) is 0 Å². The van der Waals surface area contributed by atoms with Crippen LogP contribution in [0, 0.1) is 0 Å². The first-order valence-corrected chi connectivity index (χ1v) is 8.01. The first-order chi connectivity index (χ1) is 11.0. The van der Waals surface area contributed by atoms with Crippen LogP contribution in [0.25, 0.3) is 5.57 Å². The van der Waals surface area contributed by atoms with Gasteiger partial charge in [-0.15, -0.1) is 0 Å². The molecule has 2 N–H and O–H groups in total. The summed E-state index contributed by atoms with van der Waals surface area (Å²) in [6, 6.07) is 3.38. The van der Waals surface area contributed by atoms with Crippen LogP contribution in [0.2, 0.25) is 0 Å². The summed E-state index contributed by atoms with van der Waals surface area (Å²) in [5, 5.41) is 0. The molecule has 1 aromatic rings. The molecule has 126 valence electrons. The van der Waals surface area contributed by atoms with Crippen molar-refractivity contribution in [2.24, 2.45) is 5.73 Å². The summed E-state index contributed by atoms with van der Waals surface area (Å²) in [4.78, 5) is 18.0. The maximum absolute atomic E-state index is 13.3. The lowest BCUT2D eigenvalue weighted by Gasteiger charge is -2.18. The molecule has 0 aromatic carbocycles. The monoisotopic (exact) mass is 323 g/mol. The van der Waals surface area contributed by atoms with Crippen molar-refractivity contribution in [2.75, 3.05) is 18.0 Å². The van der Waals surface area contributed by atoms with E-state index in [4.69, 9.17) is 5.73 Å². The Morgan fingerprint density at radius 3 is 2.74 bits per heavy atom. The number of hydrogen-bond acceptors (Lipinski definition) is 4. The molecule has 0 bridgehead atoms. The maximum Gasteiger partial charge on any atom is 0.266 e. The Bertz CT molecular complexity index is 570. The van der Waals surface area contributed by atoms with Crippen LogP contribution < -0.4 is 10.6 Å². The van der Waals surface area contributed by atoms with E-state index in [9.17, 15) is 13.6 Å². The molecule has 1 fully saturated rings. The van der Waals surface area contributed by atoms with Crippen LogP contribution in [-0.2, 0) is 4.79 Å². The number of unbranched alkanes of at least 4 members (excludes halogenated alkanes) is 2. The highest BCUT2D eigenvalue weighted by atomic mass is 19.3. The van der Waals surface area contributed by atoms with Gasteiger partial charge in [0.2, 0.25) is 0 Å². The summed E-state index contributed by atoms with van der Waals surface area (Å²) >= 11 is 0. The van der Waals surface area contributed by atoms with Gasteiger partial charge >= 0.3 is 0 Å². The standard InChI is InChI=1S/C17H23F2N3O/c1-2-3-4-5-16(23)14(10-20)15-7-6-13(11-21-15)22-9-8-17(18,19)12-22/h6-7,10-11H,2-5,8-9,12,20H2,1H3. The molecule has 1 saturated heterocycles. The Labute approximate surface area is 135 Å². The number of pyridine rings is 1. The fourth-order valence-corrected chi connectivity index (χ4v) is 2.68. The van der Waals surface area contributed by atoms with Crippen LogP contribution >= 0.6 is 0 Å². The van der Waals surface area contributed by atoms with E-state index >= 15 is 0 Å². The predicted octanol–water partition coefficient (Wildman–Crippen LogP) is 3.38.